The van der Waals surface area contributed by atoms with E-state index in [9.17, 15) is 13.6 Å². The molecule has 1 N–H and O–H groups in total. The number of rotatable bonds is 3. The molecular formula is C15H9F2NO3. The fraction of sp³-hybridized carbons (Fsp3) is 0.0667. The average Bonchev–Trinajstić information content (AvgIpc) is 2.85. The lowest BCUT2D eigenvalue weighted by Gasteiger charge is -2.00. The van der Waals surface area contributed by atoms with Gasteiger partial charge >= 0.3 is 5.97 Å². The van der Waals surface area contributed by atoms with Crippen LogP contribution in [-0.4, -0.2) is 16.1 Å². The number of nitrogens with zero attached hydrogens (tertiary/aromatic N) is 1. The van der Waals surface area contributed by atoms with E-state index in [0.29, 0.717) is 5.58 Å². The van der Waals surface area contributed by atoms with Crippen molar-refractivity contribution in [3.05, 3.63) is 65.1 Å². The number of para-hydroxylation sites is 1. The zero-order valence-corrected chi connectivity index (χ0v) is 10.6. The summed E-state index contributed by atoms with van der Waals surface area (Å²) in [6.45, 7) is 0. The number of carbonyl (C=O) groups is 1. The third-order valence-corrected chi connectivity index (χ3v) is 3.07. The minimum atomic E-state index is -1.13. The normalized spacial score (nSPS) is 11.0. The summed E-state index contributed by atoms with van der Waals surface area (Å²) in [5, 5.41) is 9.07. The fourth-order valence-corrected chi connectivity index (χ4v) is 2.09. The Morgan fingerprint density at radius 1 is 1.19 bits per heavy atom. The van der Waals surface area contributed by atoms with Gasteiger partial charge in [-0.3, -0.25) is 0 Å². The van der Waals surface area contributed by atoms with Crippen LogP contribution in [0, 0.1) is 11.6 Å². The van der Waals surface area contributed by atoms with E-state index in [-0.39, 0.29) is 29.0 Å². The number of aromatic carboxylic acids is 1. The summed E-state index contributed by atoms with van der Waals surface area (Å²) in [7, 11) is 0. The van der Waals surface area contributed by atoms with Gasteiger partial charge in [0.25, 0.3) is 0 Å². The van der Waals surface area contributed by atoms with Crippen LogP contribution in [0.1, 0.15) is 21.8 Å². The first-order valence-electron chi connectivity index (χ1n) is 6.11. The number of carboxylic acid groups (broad SMARTS) is 1. The molecule has 0 spiro atoms. The number of hydrogen-bond donors (Lipinski definition) is 1. The van der Waals surface area contributed by atoms with Crippen molar-refractivity contribution in [2.45, 2.75) is 6.42 Å². The van der Waals surface area contributed by atoms with Crippen LogP contribution < -0.4 is 0 Å². The Morgan fingerprint density at radius 2 is 1.95 bits per heavy atom. The van der Waals surface area contributed by atoms with Gasteiger partial charge in [0.05, 0.1) is 12.0 Å². The Kier molecular flexibility index (Phi) is 3.13. The van der Waals surface area contributed by atoms with Crippen LogP contribution >= 0.6 is 0 Å². The van der Waals surface area contributed by atoms with E-state index in [1.165, 1.54) is 24.3 Å². The summed E-state index contributed by atoms with van der Waals surface area (Å²) in [5.74, 6) is -2.91. The van der Waals surface area contributed by atoms with Crippen molar-refractivity contribution in [2.24, 2.45) is 0 Å². The van der Waals surface area contributed by atoms with Gasteiger partial charge in [-0.15, -0.1) is 0 Å². The van der Waals surface area contributed by atoms with Crippen molar-refractivity contribution in [3.63, 3.8) is 0 Å². The van der Waals surface area contributed by atoms with Gasteiger partial charge in [0.1, 0.15) is 5.52 Å². The molecule has 0 aliphatic heterocycles. The van der Waals surface area contributed by atoms with Gasteiger partial charge in [0, 0.05) is 5.56 Å². The van der Waals surface area contributed by atoms with E-state index < -0.39 is 17.6 Å². The molecule has 3 rings (SSSR count). The van der Waals surface area contributed by atoms with Crippen molar-refractivity contribution >= 4 is 17.1 Å². The van der Waals surface area contributed by atoms with E-state index in [1.54, 1.807) is 6.07 Å². The van der Waals surface area contributed by atoms with E-state index in [1.807, 2.05) is 0 Å². The fourth-order valence-electron chi connectivity index (χ4n) is 2.09. The van der Waals surface area contributed by atoms with E-state index in [2.05, 4.69) is 4.98 Å². The van der Waals surface area contributed by atoms with Crippen molar-refractivity contribution < 1.29 is 23.1 Å². The molecule has 0 amide bonds. The maximum absolute atomic E-state index is 13.6. The molecule has 106 valence electrons. The highest BCUT2D eigenvalue weighted by Gasteiger charge is 2.16. The number of carboxylic acids is 1. The molecule has 4 nitrogen and oxygen atoms in total. The third-order valence-electron chi connectivity index (χ3n) is 3.07. The third kappa shape index (κ3) is 2.35. The first-order chi connectivity index (χ1) is 10.1. The molecule has 0 saturated heterocycles. The summed E-state index contributed by atoms with van der Waals surface area (Å²) in [6.07, 6.45) is -0.0582. The molecule has 1 heterocycles. The Balaban J connectivity index is 2.04. The zero-order chi connectivity index (χ0) is 15.0. The Hall–Kier alpha value is -2.76. The molecule has 0 fully saturated rings. The monoisotopic (exact) mass is 289 g/mol. The molecule has 3 aromatic rings. The van der Waals surface area contributed by atoms with Gasteiger partial charge in [-0.2, -0.15) is 0 Å². The van der Waals surface area contributed by atoms with Gasteiger partial charge in [0.15, 0.2) is 23.1 Å². The lowest BCUT2D eigenvalue weighted by Crippen LogP contribution is -1.98. The molecule has 0 saturated carbocycles. The second-order valence-electron chi connectivity index (χ2n) is 4.45. The zero-order valence-electron chi connectivity index (χ0n) is 10.6. The summed E-state index contributed by atoms with van der Waals surface area (Å²) in [6, 6.07) is 8.33. The minimum absolute atomic E-state index is 0.00205. The number of fused-ring (bicyclic) bond motifs is 1. The quantitative estimate of drug-likeness (QED) is 0.802. The van der Waals surface area contributed by atoms with Crippen molar-refractivity contribution in [3.8, 4) is 0 Å². The van der Waals surface area contributed by atoms with Crippen LogP contribution in [0.25, 0.3) is 11.1 Å². The van der Waals surface area contributed by atoms with Crippen molar-refractivity contribution in [1.82, 2.24) is 4.98 Å². The lowest BCUT2D eigenvalue weighted by atomic mass is 10.1. The first kappa shape index (κ1) is 13.2. The predicted molar refractivity (Wildman–Crippen MR) is 70.1 cm³/mol. The summed E-state index contributed by atoms with van der Waals surface area (Å²) in [4.78, 5) is 15.2. The molecule has 2 aromatic carbocycles. The molecule has 0 unspecified atom stereocenters. The highest BCUT2D eigenvalue weighted by atomic mass is 19.2. The molecule has 0 aliphatic carbocycles. The van der Waals surface area contributed by atoms with Crippen LogP contribution in [0.4, 0.5) is 8.78 Å². The topological polar surface area (TPSA) is 63.3 Å². The molecule has 6 heteroatoms. The first-order valence-corrected chi connectivity index (χ1v) is 6.11. The summed E-state index contributed by atoms with van der Waals surface area (Å²) >= 11 is 0. The predicted octanol–water partition coefficient (Wildman–Crippen LogP) is 3.40. The SMILES string of the molecule is O=C(O)c1cccc2oc(Cc3cccc(F)c3F)nc12. The molecule has 1 aromatic heterocycles. The molecule has 0 aliphatic rings. The van der Waals surface area contributed by atoms with Crippen molar-refractivity contribution in [2.75, 3.05) is 0 Å². The Bertz CT molecular complexity index is 842. The largest absolute Gasteiger partial charge is 0.478 e. The van der Waals surface area contributed by atoms with E-state index >= 15 is 0 Å². The van der Waals surface area contributed by atoms with Gasteiger partial charge in [-0.1, -0.05) is 18.2 Å². The Morgan fingerprint density at radius 3 is 2.71 bits per heavy atom. The van der Waals surface area contributed by atoms with Gasteiger partial charge in [-0.25, -0.2) is 18.6 Å². The smallest absolute Gasteiger partial charge is 0.338 e. The van der Waals surface area contributed by atoms with E-state index in [0.717, 1.165) is 6.07 Å². The molecule has 21 heavy (non-hydrogen) atoms. The van der Waals surface area contributed by atoms with Gasteiger partial charge in [0.2, 0.25) is 0 Å². The van der Waals surface area contributed by atoms with Crippen LogP contribution in [0.3, 0.4) is 0 Å². The number of hydrogen-bond acceptors (Lipinski definition) is 3. The van der Waals surface area contributed by atoms with Gasteiger partial charge in [-0.05, 0) is 18.2 Å². The Labute approximate surface area is 117 Å². The van der Waals surface area contributed by atoms with Crippen molar-refractivity contribution in [1.29, 1.82) is 0 Å². The average molecular weight is 289 g/mol. The van der Waals surface area contributed by atoms with E-state index in [4.69, 9.17) is 9.52 Å². The number of halogens is 2. The maximum Gasteiger partial charge on any atom is 0.338 e. The molecular weight excluding hydrogens is 280 g/mol. The molecule has 0 atom stereocenters. The molecule has 0 bridgehead atoms. The number of aromatic nitrogens is 1. The lowest BCUT2D eigenvalue weighted by molar-refractivity contribution is 0.0699. The van der Waals surface area contributed by atoms with Crippen LogP contribution in [-0.2, 0) is 6.42 Å². The number of benzene rings is 2. The summed E-state index contributed by atoms with van der Waals surface area (Å²) < 4.78 is 32.2. The maximum atomic E-state index is 13.6. The second-order valence-corrected chi connectivity index (χ2v) is 4.45. The van der Waals surface area contributed by atoms with Crippen LogP contribution in [0.15, 0.2) is 40.8 Å². The highest BCUT2D eigenvalue weighted by molar-refractivity contribution is 6.00. The second kappa shape index (κ2) is 4.97. The minimum Gasteiger partial charge on any atom is -0.478 e. The standard InChI is InChI=1S/C15H9F2NO3/c16-10-5-1-3-8(13(10)17)7-12-18-14-9(15(19)20)4-2-6-11(14)21-12/h1-6H,7H2,(H,19,20). The highest BCUT2D eigenvalue weighted by Crippen LogP contribution is 2.22. The van der Waals surface area contributed by atoms with Crippen LogP contribution in [0.5, 0.6) is 0 Å². The molecule has 0 radical (unpaired) electrons. The number of oxazole rings is 1. The van der Waals surface area contributed by atoms with Gasteiger partial charge < -0.3 is 9.52 Å². The van der Waals surface area contributed by atoms with Crippen LogP contribution in [0.2, 0.25) is 0 Å². The summed E-state index contributed by atoms with van der Waals surface area (Å²) in [5.41, 5.74) is 0.583.